The summed E-state index contributed by atoms with van der Waals surface area (Å²) in [6.07, 6.45) is 1.40. The summed E-state index contributed by atoms with van der Waals surface area (Å²) in [5.74, 6) is -2.83. The zero-order valence-electron chi connectivity index (χ0n) is 13.1. The third-order valence-electron chi connectivity index (χ3n) is 3.12. The topological polar surface area (TPSA) is 83.6 Å². The number of hydrogen-bond donors (Lipinski definition) is 1. The lowest BCUT2D eigenvalue weighted by molar-refractivity contribution is -0.111. The van der Waals surface area contributed by atoms with E-state index in [9.17, 15) is 19.1 Å². The van der Waals surface area contributed by atoms with Gasteiger partial charge in [0.1, 0.15) is 17.1 Å². The molecule has 0 aliphatic rings. The number of carbonyl (C=O) groups is 2. The van der Waals surface area contributed by atoms with E-state index in [-0.39, 0.29) is 27.6 Å². The van der Waals surface area contributed by atoms with Crippen molar-refractivity contribution in [3.63, 3.8) is 0 Å². The largest absolute Gasteiger partial charge is 0.477 e. The molecule has 1 aromatic heterocycles. The Morgan fingerprint density at radius 3 is 2.54 bits per heavy atom. The maximum atomic E-state index is 14.1. The Hall–Kier alpha value is -2.67. The van der Waals surface area contributed by atoms with Crippen LogP contribution in [0, 0.1) is 5.82 Å². The van der Waals surface area contributed by atoms with Crippen LogP contribution in [0.3, 0.4) is 0 Å². The zero-order valence-corrected chi connectivity index (χ0v) is 13.9. The molecule has 0 spiro atoms. The second kappa shape index (κ2) is 6.84. The minimum atomic E-state index is -1.41. The molecule has 2 rings (SSSR count). The molecular formula is C16H14ClFN2O4. The second-order valence-corrected chi connectivity index (χ2v) is 5.61. The maximum absolute atomic E-state index is 14.1. The molecule has 24 heavy (non-hydrogen) atoms. The van der Waals surface area contributed by atoms with E-state index in [2.05, 4.69) is 5.16 Å². The number of aromatic nitrogens is 1. The van der Waals surface area contributed by atoms with Crippen molar-refractivity contribution in [2.45, 2.75) is 6.92 Å². The molecule has 0 atom stereocenters. The number of carboxylic acid groups (broad SMARTS) is 1. The number of carbonyl (C=O) groups excluding carboxylic acids is 1. The number of carboxylic acids is 1. The van der Waals surface area contributed by atoms with Crippen LogP contribution in [0.5, 0.6) is 0 Å². The summed E-state index contributed by atoms with van der Waals surface area (Å²) in [4.78, 5) is 25.1. The van der Waals surface area contributed by atoms with Gasteiger partial charge >= 0.3 is 5.97 Å². The summed E-state index contributed by atoms with van der Waals surface area (Å²) in [7, 11) is 3.32. The van der Waals surface area contributed by atoms with Crippen molar-refractivity contribution in [2.75, 3.05) is 14.1 Å². The van der Waals surface area contributed by atoms with Crippen LogP contribution in [-0.2, 0) is 4.79 Å². The number of benzene rings is 1. The van der Waals surface area contributed by atoms with E-state index in [1.165, 1.54) is 25.3 Å². The van der Waals surface area contributed by atoms with E-state index in [1.807, 2.05) is 0 Å². The quantitative estimate of drug-likeness (QED) is 0.831. The second-order valence-electron chi connectivity index (χ2n) is 5.20. The van der Waals surface area contributed by atoms with Crippen molar-refractivity contribution in [2.24, 2.45) is 0 Å². The summed E-state index contributed by atoms with van der Waals surface area (Å²) in [5.41, 5.74) is -0.889. The van der Waals surface area contributed by atoms with E-state index < -0.39 is 23.1 Å². The molecule has 1 heterocycles. The fraction of sp³-hybridized carbons (Fsp3) is 0.188. The number of rotatable bonds is 5. The lowest BCUT2D eigenvalue weighted by Crippen LogP contribution is -2.09. The molecule has 1 aromatic carbocycles. The number of nitrogens with zero attached hydrogens (tertiary/aromatic N) is 2. The number of ketones is 1. The molecule has 1 N–H and O–H groups in total. The van der Waals surface area contributed by atoms with Gasteiger partial charge < -0.3 is 14.5 Å². The third-order valence-corrected chi connectivity index (χ3v) is 3.43. The molecular weight excluding hydrogens is 339 g/mol. The highest BCUT2D eigenvalue weighted by atomic mass is 35.5. The van der Waals surface area contributed by atoms with Crippen LogP contribution in [0.2, 0.25) is 5.02 Å². The molecule has 0 radical (unpaired) electrons. The number of allylic oxidation sites excluding steroid dienone is 1. The Balaban J connectivity index is 2.78. The van der Waals surface area contributed by atoms with E-state index in [0.29, 0.717) is 0 Å². The smallest absolute Gasteiger partial charge is 0.342 e. The van der Waals surface area contributed by atoms with Gasteiger partial charge in [0.15, 0.2) is 11.5 Å². The predicted molar refractivity (Wildman–Crippen MR) is 86.2 cm³/mol. The molecule has 0 amide bonds. The molecule has 6 nitrogen and oxygen atoms in total. The monoisotopic (exact) mass is 352 g/mol. The van der Waals surface area contributed by atoms with Gasteiger partial charge in [-0.3, -0.25) is 4.79 Å². The van der Waals surface area contributed by atoms with Gasteiger partial charge in [-0.1, -0.05) is 22.8 Å². The van der Waals surface area contributed by atoms with Gasteiger partial charge in [-0.05, 0) is 19.1 Å². The van der Waals surface area contributed by atoms with Crippen LogP contribution in [0.4, 0.5) is 4.39 Å². The fourth-order valence-corrected chi connectivity index (χ4v) is 2.39. The van der Waals surface area contributed by atoms with Crippen LogP contribution in [0.1, 0.15) is 23.0 Å². The SMILES string of the molecule is CC(=O)/C(=C\N(C)C)c1onc(-c2c(F)cccc2Cl)c1C(=O)O. The standard InChI is InChI=1S/C16H14ClFN2O4/c1-8(21)9(7-20(2)3)15-13(16(22)23)14(19-24-15)12-10(17)5-4-6-11(12)18/h4-7H,1-3H3,(H,22,23)/b9-7+. The first-order valence-corrected chi connectivity index (χ1v) is 7.18. The summed E-state index contributed by atoms with van der Waals surface area (Å²) in [5, 5.41) is 13.2. The molecule has 0 aliphatic carbocycles. The minimum Gasteiger partial charge on any atom is -0.477 e. The third kappa shape index (κ3) is 3.30. The van der Waals surface area contributed by atoms with E-state index in [0.717, 1.165) is 6.07 Å². The Morgan fingerprint density at radius 1 is 1.38 bits per heavy atom. The molecule has 0 bridgehead atoms. The van der Waals surface area contributed by atoms with Gasteiger partial charge in [-0.25, -0.2) is 9.18 Å². The van der Waals surface area contributed by atoms with Gasteiger partial charge in [-0.15, -0.1) is 0 Å². The maximum Gasteiger partial charge on any atom is 0.342 e. The number of Topliss-reactive ketones (excluding diaryl/α,β-unsaturated/α-hetero) is 1. The lowest BCUT2D eigenvalue weighted by atomic mass is 10.0. The van der Waals surface area contributed by atoms with Crippen LogP contribution in [0.15, 0.2) is 28.9 Å². The summed E-state index contributed by atoms with van der Waals surface area (Å²) >= 11 is 5.97. The van der Waals surface area contributed by atoms with Crippen molar-refractivity contribution in [1.29, 1.82) is 0 Å². The molecule has 8 heteroatoms. The van der Waals surface area contributed by atoms with Gasteiger partial charge in [0.2, 0.25) is 0 Å². The molecule has 0 aliphatic heterocycles. The average Bonchev–Trinajstić information content (AvgIpc) is 2.88. The Labute approximate surface area is 142 Å². The number of halogens is 2. The lowest BCUT2D eigenvalue weighted by Gasteiger charge is -2.08. The molecule has 0 saturated heterocycles. The highest BCUT2D eigenvalue weighted by Crippen LogP contribution is 2.35. The first kappa shape index (κ1) is 17.7. The molecule has 0 fully saturated rings. The summed E-state index contributed by atoms with van der Waals surface area (Å²) < 4.78 is 19.2. The fourth-order valence-electron chi connectivity index (χ4n) is 2.13. The predicted octanol–water partition coefficient (Wildman–Crippen LogP) is 3.32. The highest BCUT2D eigenvalue weighted by Gasteiger charge is 2.30. The van der Waals surface area contributed by atoms with Crippen molar-refractivity contribution >= 4 is 28.9 Å². The van der Waals surface area contributed by atoms with Gasteiger partial charge in [-0.2, -0.15) is 0 Å². The number of hydrogen-bond acceptors (Lipinski definition) is 5. The summed E-state index contributed by atoms with van der Waals surface area (Å²) in [6.45, 7) is 1.26. The summed E-state index contributed by atoms with van der Waals surface area (Å²) in [6, 6.07) is 3.92. The average molecular weight is 353 g/mol. The van der Waals surface area contributed by atoms with E-state index >= 15 is 0 Å². The molecule has 2 aromatic rings. The Kier molecular flexibility index (Phi) is 5.04. The van der Waals surface area contributed by atoms with Gasteiger partial charge in [0, 0.05) is 20.3 Å². The normalized spacial score (nSPS) is 11.5. The van der Waals surface area contributed by atoms with Crippen molar-refractivity contribution in [3.8, 4) is 11.3 Å². The first-order valence-electron chi connectivity index (χ1n) is 6.81. The first-order chi connectivity index (χ1) is 11.2. The van der Waals surface area contributed by atoms with Crippen LogP contribution >= 0.6 is 11.6 Å². The van der Waals surface area contributed by atoms with Crippen LogP contribution < -0.4 is 0 Å². The molecule has 126 valence electrons. The van der Waals surface area contributed by atoms with Crippen molar-refractivity contribution < 1.29 is 23.6 Å². The Bertz CT molecular complexity index is 822. The Morgan fingerprint density at radius 2 is 2.04 bits per heavy atom. The molecule has 0 saturated carbocycles. The van der Waals surface area contributed by atoms with Crippen LogP contribution in [0.25, 0.3) is 16.8 Å². The van der Waals surface area contributed by atoms with Gasteiger partial charge in [0.05, 0.1) is 16.2 Å². The van der Waals surface area contributed by atoms with Crippen LogP contribution in [-0.4, -0.2) is 41.0 Å². The number of aromatic carboxylic acids is 1. The minimum absolute atomic E-state index is 0.00334. The van der Waals surface area contributed by atoms with E-state index in [4.69, 9.17) is 16.1 Å². The van der Waals surface area contributed by atoms with Crippen molar-refractivity contribution in [1.82, 2.24) is 10.1 Å². The van der Waals surface area contributed by atoms with Crippen molar-refractivity contribution in [3.05, 3.63) is 46.6 Å². The highest BCUT2D eigenvalue weighted by molar-refractivity contribution is 6.33. The van der Waals surface area contributed by atoms with E-state index in [1.54, 1.807) is 19.0 Å². The van der Waals surface area contributed by atoms with Gasteiger partial charge in [0.25, 0.3) is 0 Å². The molecule has 0 unspecified atom stereocenters. The zero-order chi connectivity index (χ0) is 18.0.